The van der Waals surface area contributed by atoms with Crippen LogP contribution in [0.4, 0.5) is 50.0 Å². The van der Waals surface area contributed by atoms with Gasteiger partial charge < -0.3 is 15.4 Å². The third kappa shape index (κ3) is 3.85. The number of methoxy groups -OCH3 is 1. The fraction of sp³-hybridized carbons (Fsp3) is 0.417. The smallest absolute Gasteiger partial charge is 0.429 e. The van der Waals surface area contributed by atoms with Crippen LogP contribution in [-0.4, -0.2) is 37.2 Å². The minimum atomic E-state index is -6.90. The molecular weight excluding hydrogens is 375 g/mol. The van der Waals surface area contributed by atoms with Gasteiger partial charge in [0.05, 0.1) is 12.8 Å². The number of amides is 2. The van der Waals surface area contributed by atoms with Crippen molar-refractivity contribution < 1.29 is 49.0 Å². The summed E-state index contributed by atoms with van der Waals surface area (Å²) in [4.78, 5) is 11.5. The number of anilines is 1. The van der Waals surface area contributed by atoms with Gasteiger partial charge in [0.2, 0.25) is 0 Å². The van der Waals surface area contributed by atoms with E-state index in [2.05, 4.69) is 4.74 Å². The first-order chi connectivity index (χ1) is 11.2. The van der Waals surface area contributed by atoms with Gasteiger partial charge >= 0.3 is 30.1 Å². The van der Waals surface area contributed by atoms with Gasteiger partial charge in [0.1, 0.15) is 5.75 Å². The topological polar surface area (TPSA) is 50.4 Å². The maximum absolute atomic E-state index is 12.7. The second-order valence-electron chi connectivity index (χ2n) is 4.52. The van der Waals surface area contributed by atoms with E-state index in [1.165, 1.54) is 23.5 Å². The highest BCUT2D eigenvalue weighted by molar-refractivity contribution is 5.91. The largest absolute Gasteiger partial charge is 0.495 e. The molecule has 0 atom stereocenters. The molecule has 0 fully saturated rings. The Hall–Kier alpha value is -2.34. The van der Waals surface area contributed by atoms with E-state index >= 15 is 0 Å². The molecule has 0 aliphatic heterocycles. The number of ether oxygens (including phenoxy) is 1. The third-order valence-corrected chi connectivity index (χ3v) is 2.93. The van der Waals surface area contributed by atoms with Crippen molar-refractivity contribution >= 4 is 11.7 Å². The molecule has 1 aromatic carbocycles. The van der Waals surface area contributed by atoms with Crippen LogP contribution in [0.1, 0.15) is 0 Å². The highest BCUT2D eigenvalue weighted by Crippen LogP contribution is 2.52. The van der Waals surface area contributed by atoms with Crippen molar-refractivity contribution in [2.75, 3.05) is 12.4 Å². The zero-order valence-corrected chi connectivity index (χ0v) is 12.0. The van der Waals surface area contributed by atoms with E-state index in [1.807, 2.05) is 0 Å². The molecule has 0 unspecified atom stereocenters. The van der Waals surface area contributed by atoms with Crippen molar-refractivity contribution in [3.05, 3.63) is 24.3 Å². The summed E-state index contributed by atoms with van der Waals surface area (Å²) in [7, 11) is 1.06. The lowest BCUT2D eigenvalue weighted by molar-refractivity contribution is -0.386. The normalized spacial score (nSPS) is 13.4. The molecule has 0 aromatic heterocycles. The van der Waals surface area contributed by atoms with Crippen LogP contribution < -0.4 is 15.4 Å². The van der Waals surface area contributed by atoms with E-state index in [9.17, 15) is 44.3 Å². The summed E-state index contributed by atoms with van der Waals surface area (Å²) < 4.78 is 119. The molecule has 4 nitrogen and oxygen atoms in total. The molecule has 25 heavy (non-hydrogen) atoms. The van der Waals surface area contributed by atoms with Crippen molar-refractivity contribution in [2.24, 2.45) is 0 Å². The molecule has 0 radical (unpaired) electrons. The number of hydrogen-bond donors (Lipinski definition) is 2. The molecule has 0 spiro atoms. The molecule has 0 aliphatic carbocycles. The summed E-state index contributed by atoms with van der Waals surface area (Å²) in [5.41, 5.74) is -6.89. The fourth-order valence-corrected chi connectivity index (χ4v) is 1.77. The van der Waals surface area contributed by atoms with Gasteiger partial charge in [-0.25, -0.2) is 4.79 Å². The van der Waals surface area contributed by atoms with Crippen molar-refractivity contribution in [1.82, 2.24) is 5.32 Å². The number of hydrogen-bond acceptors (Lipinski definition) is 2. The van der Waals surface area contributed by atoms with Gasteiger partial charge in [-0.1, -0.05) is 12.1 Å². The predicted molar refractivity (Wildman–Crippen MR) is 66.0 cm³/mol. The van der Waals surface area contributed by atoms with Gasteiger partial charge in [-0.3, -0.25) is 0 Å². The molecule has 13 heteroatoms. The molecule has 2 amide bonds. The molecule has 0 saturated carbocycles. The number of halogens is 9. The zero-order valence-electron chi connectivity index (χ0n) is 12.0. The van der Waals surface area contributed by atoms with Gasteiger partial charge in [-0.2, -0.15) is 39.5 Å². The first kappa shape index (κ1) is 20.7. The number of carbonyl (C=O) groups excluding carboxylic acids is 1. The van der Waals surface area contributed by atoms with Crippen LogP contribution in [0, 0.1) is 0 Å². The first-order valence-corrected chi connectivity index (χ1v) is 6.09. The minimum absolute atomic E-state index is 0.0304. The summed E-state index contributed by atoms with van der Waals surface area (Å²) >= 11 is 0. The van der Waals surface area contributed by atoms with Crippen LogP contribution in [-0.2, 0) is 0 Å². The molecule has 142 valence electrons. The van der Waals surface area contributed by atoms with Gasteiger partial charge in [-0.05, 0) is 12.1 Å². The van der Waals surface area contributed by atoms with Crippen molar-refractivity contribution in [3.63, 3.8) is 0 Å². The average Bonchev–Trinajstić information content (AvgIpc) is 2.41. The number of alkyl halides is 9. The Balaban J connectivity index is 3.29. The van der Waals surface area contributed by atoms with Gasteiger partial charge in [0.15, 0.2) is 0 Å². The first-order valence-electron chi connectivity index (χ1n) is 6.09. The Morgan fingerprint density at radius 2 is 1.32 bits per heavy atom. The van der Waals surface area contributed by atoms with E-state index in [1.54, 1.807) is 0 Å². The fourth-order valence-electron chi connectivity index (χ4n) is 1.77. The van der Waals surface area contributed by atoms with Crippen molar-refractivity contribution in [1.29, 1.82) is 0 Å². The van der Waals surface area contributed by atoms with E-state index in [0.29, 0.717) is 0 Å². The predicted octanol–water partition coefficient (Wildman–Crippen LogP) is 4.24. The number of rotatable bonds is 3. The molecule has 0 saturated heterocycles. The Kier molecular flexibility index (Phi) is 5.40. The number of para-hydroxylation sites is 2. The molecule has 2 N–H and O–H groups in total. The second-order valence-corrected chi connectivity index (χ2v) is 4.52. The van der Waals surface area contributed by atoms with Crippen LogP contribution in [0.25, 0.3) is 0 Å². The van der Waals surface area contributed by atoms with Gasteiger partial charge in [-0.15, -0.1) is 0 Å². The summed E-state index contributed by atoms with van der Waals surface area (Å²) in [5.74, 6) is -0.200. The minimum Gasteiger partial charge on any atom is -0.495 e. The third-order valence-electron chi connectivity index (χ3n) is 2.93. The summed E-state index contributed by atoms with van der Waals surface area (Å²) in [6.45, 7) is 0. The molecular formula is C12H9F9N2O2. The number of urea groups is 1. The Labute approximate surface area is 133 Å². The van der Waals surface area contributed by atoms with Crippen LogP contribution >= 0.6 is 0 Å². The zero-order chi connectivity index (χ0) is 19.7. The highest BCUT2D eigenvalue weighted by atomic mass is 19.4. The lowest BCUT2D eigenvalue weighted by Crippen LogP contribution is -2.75. The number of carbonyl (C=O) groups is 1. The second kappa shape index (κ2) is 6.52. The maximum atomic E-state index is 12.7. The summed E-state index contributed by atoms with van der Waals surface area (Å²) in [6.07, 6.45) is -20.7. The van der Waals surface area contributed by atoms with Crippen LogP contribution in [0.15, 0.2) is 24.3 Å². The lowest BCUT2D eigenvalue weighted by Gasteiger charge is -2.38. The molecule has 1 rings (SSSR count). The van der Waals surface area contributed by atoms with Crippen LogP contribution in [0.2, 0.25) is 0 Å². The lowest BCUT2D eigenvalue weighted by atomic mass is 9.97. The van der Waals surface area contributed by atoms with E-state index < -0.39 is 35.8 Å². The standard InChI is InChI=1S/C12H9F9N2O2/c1-25-7-5-3-2-4-6(7)22-8(24)23-9(10(13,14)15,11(16,17)18)12(19,20)21/h2-5H,1H3,(H2,22,23,24). The summed E-state index contributed by atoms with van der Waals surface area (Å²) in [6, 6.07) is 2.34. The molecule has 0 bridgehead atoms. The van der Waals surface area contributed by atoms with E-state index in [-0.39, 0.29) is 11.1 Å². The Morgan fingerprint density at radius 3 is 1.72 bits per heavy atom. The Bertz CT molecular complexity index is 586. The van der Waals surface area contributed by atoms with E-state index in [0.717, 1.165) is 13.2 Å². The monoisotopic (exact) mass is 384 g/mol. The van der Waals surface area contributed by atoms with Gasteiger partial charge in [0, 0.05) is 0 Å². The summed E-state index contributed by atoms with van der Waals surface area (Å²) in [5, 5.41) is 1.43. The molecule has 0 heterocycles. The maximum Gasteiger partial charge on any atom is 0.429 e. The van der Waals surface area contributed by atoms with Crippen LogP contribution in [0.3, 0.4) is 0 Å². The molecule has 1 aromatic rings. The number of nitrogens with one attached hydrogen (secondary N) is 2. The Morgan fingerprint density at radius 1 is 0.880 bits per heavy atom. The quantitative estimate of drug-likeness (QED) is 0.766. The van der Waals surface area contributed by atoms with Crippen molar-refractivity contribution in [3.8, 4) is 5.75 Å². The van der Waals surface area contributed by atoms with Crippen LogP contribution in [0.5, 0.6) is 5.75 Å². The molecule has 0 aliphatic rings. The van der Waals surface area contributed by atoms with E-state index in [4.69, 9.17) is 0 Å². The average molecular weight is 384 g/mol. The highest BCUT2D eigenvalue weighted by Gasteiger charge is 2.84. The van der Waals surface area contributed by atoms with Crippen molar-refractivity contribution in [2.45, 2.75) is 24.1 Å². The van der Waals surface area contributed by atoms with Gasteiger partial charge in [0.25, 0.3) is 0 Å². The number of benzene rings is 1. The SMILES string of the molecule is COc1ccccc1NC(=O)NC(C(F)(F)F)(C(F)(F)F)C(F)(F)F.